The highest BCUT2D eigenvalue weighted by atomic mass is 16.2. The van der Waals surface area contributed by atoms with Gasteiger partial charge in [-0.15, -0.1) is 0 Å². The van der Waals surface area contributed by atoms with Gasteiger partial charge in [-0.3, -0.25) is 9.89 Å². The van der Waals surface area contributed by atoms with E-state index in [2.05, 4.69) is 44.7 Å². The summed E-state index contributed by atoms with van der Waals surface area (Å²) >= 11 is 0. The number of hydrogen-bond acceptors (Lipinski definition) is 3. The van der Waals surface area contributed by atoms with Crippen molar-refractivity contribution in [2.45, 2.75) is 57.2 Å². The van der Waals surface area contributed by atoms with Crippen LogP contribution in [0.25, 0.3) is 0 Å². The number of aromatic nitrogens is 2. The van der Waals surface area contributed by atoms with E-state index in [9.17, 15) is 4.79 Å². The summed E-state index contributed by atoms with van der Waals surface area (Å²) in [7, 11) is 0. The Hall–Kier alpha value is -2.14. The van der Waals surface area contributed by atoms with Crippen LogP contribution in [0.2, 0.25) is 0 Å². The number of carbonyl (C=O) groups excluding carboxylic acids is 1. The van der Waals surface area contributed by atoms with Gasteiger partial charge in [0, 0.05) is 36.8 Å². The van der Waals surface area contributed by atoms with Crippen LogP contribution in [-0.4, -0.2) is 33.6 Å². The molecule has 0 bridgehead atoms. The van der Waals surface area contributed by atoms with Crippen LogP contribution in [0.1, 0.15) is 64.6 Å². The van der Waals surface area contributed by atoms with Crippen LogP contribution in [-0.2, 0) is 19.4 Å². The highest BCUT2D eigenvalue weighted by molar-refractivity contribution is 5.95. The monoisotopic (exact) mass is 336 g/mol. The van der Waals surface area contributed by atoms with Crippen LogP contribution in [0, 0.1) is 0 Å². The lowest BCUT2D eigenvalue weighted by atomic mass is 9.86. The molecule has 1 atom stereocenters. The Labute approximate surface area is 147 Å². The van der Waals surface area contributed by atoms with Gasteiger partial charge in [0.15, 0.2) is 5.69 Å². The third kappa shape index (κ3) is 2.58. The fraction of sp³-hybridized carbons (Fsp3) is 0.500. The molecule has 0 saturated heterocycles. The molecule has 130 valence electrons. The lowest BCUT2D eigenvalue weighted by molar-refractivity contribution is 0.0630. The van der Waals surface area contributed by atoms with Crippen LogP contribution < -0.4 is 5.32 Å². The summed E-state index contributed by atoms with van der Waals surface area (Å²) in [6.45, 7) is 1.69. The van der Waals surface area contributed by atoms with Gasteiger partial charge in [-0.25, -0.2) is 0 Å². The number of rotatable bonds is 3. The Kier molecular flexibility index (Phi) is 3.63. The highest BCUT2D eigenvalue weighted by Crippen LogP contribution is 2.41. The molecule has 1 fully saturated rings. The maximum atomic E-state index is 13.5. The normalized spacial score (nSPS) is 22.2. The molecule has 2 aromatic rings. The average molecular weight is 336 g/mol. The number of benzene rings is 1. The van der Waals surface area contributed by atoms with E-state index in [4.69, 9.17) is 0 Å². The van der Waals surface area contributed by atoms with Crippen molar-refractivity contribution < 1.29 is 4.79 Å². The number of aromatic amines is 1. The van der Waals surface area contributed by atoms with E-state index in [0.717, 1.165) is 62.9 Å². The third-order valence-electron chi connectivity index (χ3n) is 5.86. The van der Waals surface area contributed by atoms with Gasteiger partial charge < -0.3 is 10.2 Å². The van der Waals surface area contributed by atoms with Crippen molar-refractivity contribution in [3.8, 4) is 0 Å². The van der Waals surface area contributed by atoms with Gasteiger partial charge in [-0.05, 0) is 43.2 Å². The van der Waals surface area contributed by atoms with Crippen LogP contribution in [0.5, 0.6) is 0 Å². The van der Waals surface area contributed by atoms with E-state index in [1.54, 1.807) is 0 Å². The minimum Gasteiger partial charge on any atom is -0.327 e. The molecule has 0 spiro atoms. The number of aryl methyl sites for hydroxylation is 1. The number of nitrogens with zero attached hydrogens (tertiary/aromatic N) is 2. The molecule has 1 aliphatic heterocycles. The first-order valence-electron chi connectivity index (χ1n) is 9.50. The topological polar surface area (TPSA) is 61.0 Å². The first kappa shape index (κ1) is 15.1. The van der Waals surface area contributed by atoms with Gasteiger partial charge in [0.2, 0.25) is 0 Å². The lowest BCUT2D eigenvalue weighted by Crippen LogP contribution is -2.39. The van der Waals surface area contributed by atoms with E-state index >= 15 is 0 Å². The van der Waals surface area contributed by atoms with Crippen LogP contribution in [0.15, 0.2) is 24.3 Å². The molecule has 1 unspecified atom stereocenters. The van der Waals surface area contributed by atoms with Gasteiger partial charge in [0.05, 0.1) is 6.04 Å². The van der Waals surface area contributed by atoms with Crippen molar-refractivity contribution in [2.24, 2.45) is 0 Å². The summed E-state index contributed by atoms with van der Waals surface area (Å²) in [5.41, 5.74) is 5.59. The van der Waals surface area contributed by atoms with Crippen LogP contribution in [0.4, 0.5) is 0 Å². The number of fused-ring (bicyclic) bond motifs is 2. The third-order valence-corrected chi connectivity index (χ3v) is 5.86. The molecule has 1 aromatic carbocycles. The van der Waals surface area contributed by atoms with Crippen molar-refractivity contribution in [3.05, 3.63) is 52.3 Å². The summed E-state index contributed by atoms with van der Waals surface area (Å²) in [4.78, 5) is 15.6. The predicted octanol–water partition coefficient (Wildman–Crippen LogP) is 2.74. The lowest BCUT2D eigenvalue weighted by Gasteiger charge is -2.36. The van der Waals surface area contributed by atoms with Crippen LogP contribution >= 0.6 is 0 Å². The zero-order valence-electron chi connectivity index (χ0n) is 14.4. The van der Waals surface area contributed by atoms with Crippen molar-refractivity contribution in [1.29, 1.82) is 0 Å². The molecule has 5 rings (SSSR count). The molecule has 5 nitrogen and oxygen atoms in total. The molecule has 1 saturated carbocycles. The van der Waals surface area contributed by atoms with E-state index in [1.165, 1.54) is 11.1 Å². The summed E-state index contributed by atoms with van der Waals surface area (Å²) in [5, 5.41) is 10.9. The Morgan fingerprint density at radius 3 is 2.92 bits per heavy atom. The Morgan fingerprint density at radius 1 is 1.16 bits per heavy atom. The van der Waals surface area contributed by atoms with Gasteiger partial charge in [0.25, 0.3) is 5.91 Å². The summed E-state index contributed by atoms with van der Waals surface area (Å²) in [5.74, 6) is 0.116. The zero-order valence-corrected chi connectivity index (χ0v) is 14.4. The Bertz CT molecular complexity index is 808. The molecule has 2 N–H and O–H groups in total. The van der Waals surface area contributed by atoms with Gasteiger partial charge in [0.1, 0.15) is 0 Å². The smallest absolute Gasteiger partial charge is 0.275 e. The predicted molar refractivity (Wildman–Crippen MR) is 95.3 cm³/mol. The largest absolute Gasteiger partial charge is 0.327 e. The van der Waals surface area contributed by atoms with Crippen LogP contribution in [0.3, 0.4) is 0 Å². The van der Waals surface area contributed by atoms with Crippen molar-refractivity contribution in [2.75, 3.05) is 6.54 Å². The van der Waals surface area contributed by atoms with Crippen molar-refractivity contribution in [3.63, 3.8) is 0 Å². The van der Waals surface area contributed by atoms with E-state index in [1.807, 2.05) is 0 Å². The number of amides is 1. The molecule has 3 aliphatic rings. The zero-order chi connectivity index (χ0) is 16.8. The Balaban J connectivity index is 1.52. The quantitative estimate of drug-likeness (QED) is 0.906. The van der Waals surface area contributed by atoms with Crippen molar-refractivity contribution in [1.82, 2.24) is 20.4 Å². The first-order chi connectivity index (χ1) is 12.3. The van der Waals surface area contributed by atoms with Crippen molar-refractivity contribution >= 4 is 5.91 Å². The number of hydrogen-bond donors (Lipinski definition) is 2. The first-order valence-corrected chi connectivity index (χ1v) is 9.50. The number of carbonyl (C=O) groups is 1. The van der Waals surface area contributed by atoms with Gasteiger partial charge >= 0.3 is 0 Å². The summed E-state index contributed by atoms with van der Waals surface area (Å²) in [6, 6.07) is 9.23. The molecular weight excluding hydrogens is 312 g/mol. The maximum absolute atomic E-state index is 13.5. The fourth-order valence-electron chi connectivity index (χ4n) is 4.46. The number of H-pyrrole nitrogens is 1. The van der Waals surface area contributed by atoms with E-state index in [0.29, 0.717) is 11.7 Å². The standard InChI is InChI=1S/C20H24N4O/c25-20(19-16-12-21-11-10-17(16)22-23-19)24(14-8-9-14)18-7-3-5-13-4-1-2-6-15(13)18/h1-2,4,6,14,18,21H,3,5,7-12H2,(H,22,23). The second kappa shape index (κ2) is 5.99. The minimum atomic E-state index is 0.116. The Morgan fingerprint density at radius 2 is 2.04 bits per heavy atom. The summed E-state index contributed by atoms with van der Waals surface area (Å²) < 4.78 is 0. The maximum Gasteiger partial charge on any atom is 0.275 e. The summed E-state index contributed by atoms with van der Waals surface area (Å²) in [6.07, 6.45) is 6.50. The molecule has 5 heteroatoms. The molecule has 2 heterocycles. The highest BCUT2D eigenvalue weighted by Gasteiger charge is 2.41. The molecule has 1 amide bonds. The molecule has 25 heavy (non-hydrogen) atoms. The number of nitrogens with one attached hydrogen (secondary N) is 2. The van der Waals surface area contributed by atoms with Gasteiger partial charge in [-0.1, -0.05) is 24.3 Å². The molecule has 0 radical (unpaired) electrons. The van der Waals surface area contributed by atoms with E-state index < -0.39 is 0 Å². The molecule has 2 aliphatic carbocycles. The SMILES string of the molecule is O=C(c1n[nH]c2c1CNCC2)N(C1CC1)C1CCCc2ccccc21. The fourth-order valence-corrected chi connectivity index (χ4v) is 4.46. The second-order valence-electron chi connectivity index (χ2n) is 7.51. The minimum absolute atomic E-state index is 0.116. The van der Waals surface area contributed by atoms with Gasteiger partial charge in [-0.2, -0.15) is 5.10 Å². The molecular formula is C20H24N4O. The second-order valence-corrected chi connectivity index (χ2v) is 7.51. The van der Waals surface area contributed by atoms with E-state index in [-0.39, 0.29) is 11.9 Å². The molecule has 1 aromatic heterocycles. The average Bonchev–Trinajstić information content (AvgIpc) is 3.39.